The predicted molar refractivity (Wildman–Crippen MR) is 121 cm³/mol. The second kappa shape index (κ2) is 9.21. The van der Waals surface area contributed by atoms with Crippen LogP contribution in [0, 0.1) is 17.8 Å². The molecule has 0 aromatic carbocycles. The molecule has 1 aliphatic heterocycles. The van der Waals surface area contributed by atoms with Crippen LogP contribution in [-0.4, -0.2) is 69.4 Å². The quantitative estimate of drug-likeness (QED) is 0.544. The molecule has 11 heteroatoms. The van der Waals surface area contributed by atoms with Crippen LogP contribution in [0.2, 0.25) is 5.02 Å². The first-order valence-electron chi connectivity index (χ1n) is 11.2. The van der Waals surface area contributed by atoms with Crippen molar-refractivity contribution in [2.45, 2.75) is 31.8 Å². The first-order valence-corrected chi connectivity index (χ1v) is 11.6. The molecule has 4 N–H and O–H groups in total. The van der Waals surface area contributed by atoms with E-state index in [1.54, 1.807) is 12.4 Å². The zero-order valence-corrected chi connectivity index (χ0v) is 18.7. The zero-order chi connectivity index (χ0) is 22.1. The van der Waals surface area contributed by atoms with Crippen molar-refractivity contribution in [3.8, 4) is 0 Å². The fourth-order valence-electron chi connectivity index (χ4n) is 5.34. The standard InChI is InChI=1S/C21H29ClN8O2/c22-16-11-24-21(26-15-10-25-30(12-15)4-3-29-5-7-32-8-6-29)28-20(16)27-18-14-2-1-13(9-14)17(18)19(23)31/h10-14,17-18H,1-9H2,(H2,23,31)(H2,24,26,27,28)/t13-,14-,17-,18+/m1/s1. The molecule has 2 aliphatic carbocycles. The lowest BCUT2D eigenvalue weighted by Crippen LogP contribution is -2.42. The Morgan fingerprint density at radius 2 is 2.03 bits per heavy atom. The number of halogens is 1. The molecule has 1 amide bonds. The van der Waals surface area contributed by atoms with Gasteiger partial charge < -0.3 is 21.1 Å². The average Bonchev–Trinajstić information content (AvgIpc) is 3.52. The van der Waals surface area contributed by atoms with E-state index < -0.39 is 0 Å². The average molecular weight is 461 g/mol. The third-order valence-corrected chi connectivity index (χ3v) is 7.21. The molecule has 4 atom stereocenters. The summed E-state index contributed by atoms with van der Waals surface area (Å²) in [7, 11) is 0. The number of aromatic nitrogens is 4. The summed E-state index contributed by atoms with van der Waals surface area (Å²) < 4.78 is 7.29. The Labute approximate surface area is 191 Å². The number of fused-ring (bicyclic) bond motifs is 2. The van der Waals surface area contributed by atoms with E-state index in [4.69, 9.17) is 22.1 Å². The van der Waals surface area contributed by atoms with Crippen molar-refractivity contribution in [3.63, 3.8) is 0 Å². The van der Waals surface area contributed by atoms with E-state index in [0.29, 0.717) is 28.6 Å². The smallest absolute Gasteiger partial charge is 0.229 e. The van der Waals surface area contributed by atoms with Crippen molar-refractivity contribution in [3.05, 3.63) is 23.6 Å². The maximum atomic E-state index is 12.0. The summed E-state index contributed by atoms with van der Waals surface area (Å²) in [6, 6.07) is -0.0329. The summed E-state index contributed by atoms with van der Waals surface area (Å²) in [6.07, 6.45) is 8.45. The first kappa shape index (κ1) is 21.4. The van der Waals surface area contributed by atoms with Gasteiger partial charge in [0.1, 0.15) is 5.02 Å². The van der Waals surface area contributed by atoms with E-state index >= 15 is 0 Å². The molecule has 0 unspecified atom stereocenters. The van der Waals surface area contributed by atoms with Crippen LogP contribution in [0.5, 0.6) is 0 Å². The van der Waals surface area contributed by atoms with Crippen LogP contribution in [-0.2, 0) is 16.1 Å². The number of hydrogen-bond acceptors (Lipinski definition) is 8. The minimum atomic E-state index is -0.247. The fourth-order valence-corrected chi connectivity index (χ4v) is 5.49. The van der Waals surface area contributed by atoms with Gasteiger partial charge in [0.25, 0.3) is 0 Å². The summed E-state index contributed by atoms with van der Waals surface area (Å²) in [4.78, 5) is 23.3. The van der Waals surface area contributed by atoms with Gasteiger partial charge in [-0.05, 0) is 31.1 Å². The van der Waals surface area contributed by atoms with Crippen LogP contribution in [0.4, 0.5) is 17.5 Å². The largest absolute Gasteiger partial charge is 0.379 e. The summed E-state index contributed by atoms with van der Waals surface area (Å²) in [5.41, 5.74) is 6.50. The van der Waals surface area contributed by atoms with Crippen molar-refractivity contribution < 1.29 is 9.53 Å². The molecule has 5 rings (SSSR count). The molecule has 172 valence electrons. The molecule has 3 heterocycles. The molecule has 2 aromatic rings. The molecule has 32 heavy (non-hydrogen) atoms. The Morgan fingerprint density at radius 3 is 2.84 bits per heavy atom. The van der Waals surface area contributed by atoms with Gasteiger partial charge in [-0.25, -0.2) is 4.98 Å². The van der Waals surface area contributed by atoms with Gasteiger partial charge in [0.05, 0.1) is 43.8 Å². The van der Waals surface area contributed by atoms with E-state index in [-0.39, 0.29) is 17.9 Å². The highest BCUT2D eigenvalue weighted by atomic mass is 35.5. The third-order valence-electron chi connectivity index (χ3n) is 6.93. The number of nitrogens with zero attached hydrogens (tertiary/aromatic N) is 5. The van der Waals surface area contributed by atoms with Crippen LogP contribution in [0.15, 0.2) is 18.6 Å². The monoisotopic (exact) mass is 460 g/mol. The number of primary amides is 1. The minimum Gasteiger partial charge on any atom is -0.379 e. The Kier molecular flexibility index (Phi) is 6.16. The van der Waals surface area contributed by atoms with E-state index in [1.165, 1.54) is 0 Å². The number of rotatable bonds is 8. The number of carbonyl (C=O) groups excluding carboxylic acids is 1. The number of hydrogen-bond donors (Lipinski definition) is 3. The minimum absolute atomic E-state index is 0.0329. The highest BCUT2D eigenvalue weighted by Crippen LogP contribution is 2.49. The van der Waals surface area contributed by atoms with Gasteiger partial charge >= 0.3 is 0 Å². The van der Waals surface area contributed by atoms with Crippen LogP contribution in [0.3, 0.4) is 0 Å². The molecule has 2 saturated carbocycles. The third kappa shape index (κ3) is 4.53. The number of ether oxygens (including phenoxy) is 1. The number of nitrogens with one attached hydrogen (secondary N) is 2. The first-order chi connectivity index (χ1) is 15.6. The molecule has 1 saturated heterocycles. The number of anilines is 3. The number of carbonyl (C=O) groups is 1. The summed E-state index contributed by atoms with van der Waals surface area (Å²) in [5.74, 6) is 1.29. The molecule has 0 spiro atoms. The van der Waals surface area contributed by atoms with Gasteiger partial charge in [-0.15, -0.1) is 0 Å². The van der Waals surface area contributed by atoms with Crippen molar-refractivity contribution in [1.82, 2.24) is 24.6 Å². The van der Waals surface area contributed by atoms with Crippen molar-refractivity contribution in [2.24, 2.45) is 23.5 Å². The highest BCUT2D eigenvalue weighted by molar-refractivity contribution is 6.32. The lowest BCUT2D eigenvalue weighted by molar-refractivity contribution is -0.123. The molecule has 2 aromatic heterocycles. The fraction of sp³-hybridized carbons (Fsp3) is 0.619. The normalized spacial score (nSPS) is 27.5. The van der Waals surface area contributed by atoms with Gasteiger partial charge in [0.2, 0.25) is 11.9 Å². The second-order valence-electron chi connectivity index (χ2n) is 8.89. The predicted octanol–water partition coefficient (Wildman–Crippen LogP) is 1.71. The van der Waals surface area contributed by atoms with Gasteiger partial charge in [0, 0.05) is 31.9 Å². The Morgan fingerprint density at radius 1 is 1.22 bits per heavy atom. The Hall–Kier alpha value is -2.43. The topological polar surface area (TPSA) is 123 Å². The molecular weight excluding hydrogens is 432 g/mol. The van der Waals surface area contributed by atoms with Gasteiger partial charge in [0.15, 0.2) is 5.82 Å². The Bertz CT molecular complexity index is 963. The maximum Gasteiger partial charge on any atom is 0.229 e. The van der Waals surface area contributed by atoms with Crippen LogP contribution < -0.4 is 16.4 Å². The van der Waals surface area contributed by atoms with E-state index in [1.807, 2.05) is 10.9 Å². The van der Waals surface area contributed by atoms with Gasteiger partial charge in [-0.2, -0.15) is 10.1 Å². The molecule has 3 fully saturated rings. The van der Waals surface area contributed by atoms with Gasteiger partial charge in [-0.1, -0.05) is 11.6 Å². The van der Waals surface area contributed by atoms with E-state index in [0.717, 1.165) is 64.3 Å². The van der Waals surface area contributed by atoms with E-state index in [9.17, 15) is 4.79 Å². The lowest BCUT2D eigenvalue weighted by Gasteiger charge is -2.30. The number of amides is 1. The summed E-state index contributed by atoms with van der Waals surface area (Å²) in [5, 5.41) is 11.4. The van der Waals surface area contributed by atoms with Crippen LogP contribution in [0.1, 0.15) is 19.3 Å². The molecule has 2 bridgehead atoms. The molecule has 10 nitrogen and oxygen atoms in total. The van der Waals surface area contributed by atoms with E-state index in [2.05, 4.69) is 30.6 Å². The van der Waals surface area contributed by atoms with Crippen LogP contribution >= 0.6 is 11.6 Å². The van der Waals surface area contributed by atoms with Crippen molar-refractivity contribution in [2.75, 3.05) is 43.5 Å². The van der Waals surface area contributed by atoms with Crippen LogP contribution in [0.25, 0.3) is 0 Å². The molecule has 3 aliphatic rings. The van der Waals surface area contributed by atoms with Crippen molar-refractivity contribution >= 4 is 35.0 Å². The highest BCUT2D eigenvalue weighted by Gasteiger charge is 2.50. The van der Waals surface area contributed by atoms with Gasteiger partial charge in [-0.3, -0.25) is 14.4 Å². The lowest BCUT2D eigenvalue weighted by atomic mass is 9.84. The number of nitrogens with two attached hydrogens (primary N) is 1. The Balaban J connectivity index is 1.22. The SMILES string of the molecule is NC(=O)[C@@H]1[C@@H]2CC[C@H](C2)[C@@H]1Nc1nc(Nc2cnn(CCN3CCOCC3)c2)ncc1Cl. The summed E-state index contributed by atoms with van der Waals surface area (Å²) >= 11 is 6.36. The van der Waals surface area contributed by atoms with Crippen molar-refractivity contribution in [1.29, 1.82) is 0 Å². The molecular formula is C21H29ClN8O2. The maximum absolute atomic E-state index is 12.0. The zero-order valence-electron chi connectivity index (χ0n) is 17.9. The molecule has 0 radical (unpaired) electrons. The summed E-state index contributed by atoms with van der Waals surface area (Å²) in [6.45, 7) is 5.23. The second-order valence-corrected chi connectivity index (χ2v) is 9.30. The number of morpholine rings is 1.